The highest BCUT2D eigenvalue weighted by Gasteiger charge is 2.30. The summed E-state index contributed by atoms with van der Waals surface area (Å²) in [4.78, 5) is 8.22. The quantitative estimate of drug-likeness (QED) is 0.816. The van der Waals surface area contributed by atoms with E-state index in [1.165, 1.54) is 0 Å². The molecule has 6 nitrogen and oxygen atoms in total. The van der Waals surface area contributed by atoms with E-state index in [9.17, 15) is 8.42 Å². The van der Waals surface area contributed by atoms with Gasteiger partial charge in [-0.05, 0) is 12.8 Å². The Morgan fingerprint density at radius 2 is 2.18 bits per heavy atom. The lowest BCUT2D eigenvalue weighted by atomic mass is 10.2. The van der Waals surface area contributed by atoms with E-state index in [0.29, 0.717) is 23.9 Å². The van der Waals surface area contributed by atoms with Crippen LogP contribution in [0.2, 0.25) is 0 Å². The van der Waals surface area contributed by atoms with Crippen LogP contribution in [0.5, 0.6) is 0 Å². The molecular formula is C10H16N4O2S. The summed E-state index contributed by atoms with van der Waals surface area (Å²) < 4.78 is 23.2. The lowest BCUT2D eigenvalue weighted by molar-refractivity contribution is 0.591. The first-order valence-corrected chi connectivity index (χ1v) is 7.28. The van der Waals surface area contributed by atoms with E-state index in [-0.39, 0.29) is 5.25 Å². The summed E-state index contributed by atoms with van der Waals surface area (Å²) in [5.41, 5.74) is 0. The van der Waals surface area contributed by atoms with Gasteiger partial charge in [0.15, 0.2) is 9.84 Å². The van der Waals surface area contributed by atoms with E-state index in [1.807, 2.05) is 0 Å². The molecule has 0 aliphatic carbocycles. The molecule has 1 saturated heterocycles. The van der Waals surface area contributed by atoms with Crippen molar-refractivity contribution in [3.8, 4) is 0 Å². The van der Waals surface area contributed by atoms with Crippen LogP contribution >= 0.6 is 0 Å². The number of anilines is 2. The van der Waals surface area contributed by atoms with Gasteiger partial charge in [0.25, 0.3) is 0 Å². The van der Waals surface area contributed by atoms with Crippen LogP contribution in [0.3, 0.4) is 0 Å². The molecule has 94 valence electrons. The van der Waals surface area contributed by atoms with Crippen molar-refractivity contribution in [3.63, 3.8) is 0 Å². The van der Waals surface area contributed by atoms with Gasteiger partial charge in [0.1, 0.15) is 11.6 Å². The van der Waals surface area contributed by atoms with Gasteiger partial charge in [0.05, 0.1) is 23.4 Å². The zero-order valence-electron chi connectivity index (χ0n) is 9.68. The van der Waals surface area contributed by atoms with Crippen molar-refractivity contribution < 1.29 is 8.42 Å². The summed E-state index contributed by atoms with van der Waals surface area (Å²) in [6.45, 7) is 0.407. The van der Waals surface area contributed by atoms with Crippen LogP contribution in [0.15, 0.2) is 12.4 Å². The minimum absolute atomic E-state index is 0.289. The van der Waals surface area contributed by atoms with Crippen LogP contribution in [0.25, 0.3) is 0 Å². The fourth-order valence-electron chi connectivity index (χ4n) is 1.88. The lowest BCUT2D eigenvalue weighted by Gasteiger charge is -2.11. The minimum Gasteiger partial charge on any atom is -0.372 e. The third kappa shape index (κ3) is 2.85. The average Bonchev–Trinajstić information content (AvgIpc) is 2.66. The highest BCUT2D eigenvalue weighted by Crippen LogP contribution is 2.20. The van der Waals surface area contributed by atoms with Gasteiger partial charge >= 0.3 is 0 Å². The van der Waals surface area contributed by atoms with Gasteiger partial charge in [-0.15, -0.1) is 0 Å². The van der Waals surface area contributed by atoms with E-state index >= 15 is 0 Å². The van der Waals surface area contributed by atoms with Gasteiger partial charge in [-0.2, -0.15) is 0 Å². The highest BCUT2D eigenvalue weighted by atomic mass is 32.2. The summed E-state index contributed by atoms with van der Waals surface area (Å²) in [5.74, 6) is 1.56. The van der Waals surface area contributed by atoms with E-state index in [2.05, 4.69) is 20.6 Å². The van der Waals surface area contributed by atoms with Crippen LogP contribution in [-0.2, 0) is 9.84 Å². The third-order valence-electron chi connectivity index (χ3n) is 2.86. The van der Waals surface area contributed by atoms with E-state index in [4.69, 9.17) is 0 Å². The molecule has 1 aliphatic rings. The van der Waals surface area contributed by atoms with Gasteiger partial charge < -0.3 is 10.6 Å². The Bertz CT molecular complexity index is 489. The number of hydrogen-bond acceptors (Lipinski definition) is 6. The molecule has 1 unspecified atom stereocenters. The monoisotopic (exact) mass is 256 g/mol. The average molecular weight is 256 g/mol. The first-order chi connectivity index (χ1) is 8.12. The zero-order chi connectivity index (χ0) is 12.3. The second-order valence-corrected chi connectivity index (χ2v) is 6.45. The second-order valence-electron chi connectivity index (χ2n) is 4.05. The van der Waals surface area contributed by atoms with Crippen molar-refractivity contribution in [1.82, 2.24) is 9.97 Å². The predicted octanol–water partition coefficient (Wildman–Crippen LogP) is 0.507. The molecule has 0 amide bonds. The Kier molecular flexibility index (Phi) is 3.46. The normalized spacial score (nSPS) is 22.3. The SMILES string of the molecule is CNc1cncc(NCC2CCCS2(=O)=O)n1. The maximum absolute atomic E-state index is 11.6. The number of rotatable bonds is 4. The minimum atomic E-state index is -2.90. The lowest BCUT2D eigenvalue weighted by Crippen LogP contribution is -2.25. The first-order valence-electron chi connectivity index (χ1n) is 5.57. The molecule has 1 aliphatic heterocycles. The summed E-state index contributed by atoms with van der Waals surface area (Å²) >= 11 is 0. The van der Waals surface area contributed by atoms with Gasteiger partial charge in [-0.1, -0.05) is 0 Å². The molecule has 0 saturated carbocycles. The van der Waals surface area contributed by atoms with Crippen molar-refractivity contribution in [3.05, 3.63) is 12.4 Å². The van der Waals surface area contributed by atoms with Crippen molar-refractivity contribution in [2.75, 3.05) is 30.0 Å². The van der Waals surface area contributed by atoms with Crippen LogP contribution in [0, 0.1) is 0 Å². The number of nitrogens with one attached hydrogen (secondary N) is 2. The Balaban J connectivity index is 1.98. The second kappa shape index (κ2) is 4.87. The van der Waals surface area contributed by atoms with Crippen molar-refractivity contribution >= 4 is 21.5 Å². The molecule has 17 heavy (non-hydrogen) atoms. The molecule has 0 bridgehead atoms. The molecule has 1 fully saturated rings. The molecule has 2 N–H and O–H groups in total. The number of nitrogens with zero attached hydrogens (tertiary/aromatic N) is 2. The Morgan fingerprint density at radius 1 is 1.41 bits per heavy atom. The van der Waals surface area contributed by atoms with Gasteiger partial charge in [0.2, 0.25) is 0 Å². The van der Waals surface area contributed by atoms with Crippen LogP contribution in [0.4, 0.5) is 11.6 Å². The summed E-state index contributed by atoms with van der Waals surface area (Å²) in [6, 6.07) is 0. The summed E-state index contributed by atoms with van der Waals surface area (Å²) in [6.07, 6.45) is 4.69. The van der Waals surface area contributed by atoms with Gasteiger partial charge in [-0.25, -0.2) is 13.4 Å². The van der Waals surface area contributed by atoms with Crippen LogP contribution < -0.4 is 10.6 Å². The van der Waals surface area contributed by atoms with Crippen molar-refractivity contribution in [2.24, 2.45) is 0 Å². The molecule has 2 heterocycles. The zero-order valence-corrected chi connectivity index (χ0v) is 10.5. The fraction of sp³-hybridized carbons (Fsp3) is 0.600. The molecule has 7 heteroatoms. The maximum Gasteiger partial charge on any atom is 0.154 e. The molecule has 0 aromatic carbocycles. The summed E-state index contributed by atoms with van der Waals surface area (Å²) in [7, 11) is -1.14. The molecule has 2 rings (SSSR count). The summed E-state index contributed by atoms with van der Waals surface area (Å²) in [5, 5.41) is 5.61. The maximum atomic E-state index is 11.6. The van der Waals surface area contributed by atoms with Crippen molar-refractivity contribution in [1.29, 1.82) is 0 Å². The van der Waals surface area contributed by atoms with Gasteiger partial charge in [0, 0.05) is 13.6 Å². The highest BCUT2D eigenvalue weighted by molar-refractivity contribution is 7.92. The number of aromatic nitrogens is 2. The topological polar surface area (TPSA) is 84.0 Å². The molecule has 0 spiro atoms. The Labute approximate surface area is 101 Å². The standard InChI is InChI=1S/C10H16N4O2S/c1-11-9-6-12-7-10(14-9)13-5-8-3-2-4-17(8,15)16/h6-8H,2-5H2,1H3,(H2,11,13,14). The smallest absolute Gasteiger partial charge is 0.154 e. The van der Waals surface area contributed by atoms with Crippen molar-refractivity contribution in [2.45, 2.75) is 18.1 Å². The molecule has 1 atom stereocenters. The van der Waals surface area contributed by atoms with Crippen LogP contribution in [-0.4, -0.2) is 43.0 Å². The van der Waals surface area contributed by atoms with Gasteiger partial charge in [-0.3, -0.25) is 4.98 Å². The largest absolute Gasteiger partial charge is 0.372 e. The molecule has 1 aromatic heterocycles. The molecule has 1 aromatic rings. The fourth-order valence-corrected chi connectivity index (χ4v) is 3.64. The predicted molar refractivity (Wildman–Crippen MR) is 66.9 cm³/mol. The number of sulfone groups is 1. The van der Waals surface area contributed by atoms with Crippen LogP contribution in [0.1, 0.15) is 12.8 Å². The molecular weight excluding hydrogens is 240 g/mol. The Hall–Kier alpha value is -1.37. The van der Waals surface area contributed by atoms with E-state index in [1.54, 1.807) is 19.4 Å². The first kappa shape index (κ1) is 12.1. The third-order valence-corrected chi connectivity index (χ3v) is 5.14. The number of hydrogen-bond donors (Lipinski definition) is 2. The Morgan fingerprint density at radius 3 is 2.82 bits per heavy atom. The molecule has 0 radical (unpaired) electrons. The van der Waals surface area contributed by atoms with E-state index in [0.717, 1.165) is 12.8 Å². The van der Waals surface area contributed by atoms with E-state index < -0.39 is 9.84 Å².